The number of methoxy groups -OCH3 is 1. The molecule has 0 radical (unpaired) electrons. The predicted molar refractivity (Wildman–Crippen MR) is 397 cm³/mol. The first-order valence-corrected chi connectivity index (χ1v) is 34.8. The van der Waals surface area contributed by atoms with E-state index in [9.17, 15) is 4.79 Å². The van der Waals surface area contributed by atoms with Crippen LogP contribution in [0.25, 0.3) is 6.08 Å². The Bertz CT molecular complexity index is 1990. The summed E-state index contributed by atoms with van der Waals surface area (Å²) in [5, 5.41) is 5.95. The minimum atomic E-state index is 0.708. The zero-order valence-electron chi connectivity index (χ0n) is 59.9. The number of benzene rings is 4. The Balaban J connectivity index is -0.000000205. The second-order valence-electron chi connectivity index (χ2n) is 20.5. The second-order valence-corrected chi connectivity index (χ2v) is 21.3. The van der Waals surface area contributed by atoms with Gasteiger partial charge in [0.2, 0.25) is 0 Å². The van der Waals surface area contributed by atoms with Crippen molar-refractivity contribution in [2.45, 2.75) is 200 Å². The normalized spacial score (nSPS) is 10.9. The third-order valence-electron chi connectivity index (χ3n) is 12.5. The molecule has 8 rings (SSSR count). The highest BCUT2D eigenvalue weighted by molar-refractivity contribution is 7.97. The van der Waals surface area contributed by atoms with Crippen LogP contribution in [0.2, 0.25) is 0 Å². The average Bonchev–Trinajstić information content (AvgIpc) is 4.37. The molecule has 2 N–H and O–H groups in total. The van der Waals surface area contributed by atoms with Crippen LogP contribution in [0.5, 0.6) is 0 Å². The molecule has 0 spiro atoms. The number of likely N-dealkylation sites (tertiary alicyclic amines) is 1. The van der Waals surface area contributed by atoms with Gasteiger partial charge < -0.3 is 25.1 Å². The highest BCUT2D eigenvalue weighted by atomic mass is 32.2. The van der Waals surface area contributed by atoms with Gasteiger partial charge in [-0.25, -0.2) is 0 Å². The number of hydrogen-bond donors (Lipinski definition) is 2. The van der Waals surface area contributed by atoms with Gasteiger partial charge in [-0.1, -0.05) is 265 Å². The molecular weight excluding hydrogens is 1080 g/mol. The van der Waals surface area contributed by atoms with E-state index in [1.165, 1.54) is 116 Å². The fourth-order valence-electron chi connectivity index (χ4n) is 7.03. The van der Waals surface area contributed by atoms with Crippen LogP contribution in [0.15, 0.2) is 165 Å². The van der Waals surface area contributed by atoms with Crippen LogP contribution < -0.4 is 10.6 Å². The maximum Gasteiger partial charge on any atom is 0.119 e. The van der Waals surface area contributed by atoms with Gasteiger partial charge in [0.1, 0.15) is 6.29 Å². The Labute approximate surface area is 544 Å². The molecule has 0 unspecified atom stereocenters. The van der Waals surface area contributed by atoms with Gasteiger partial charge in [-0.2, -0.15) is 11.8 Å². The van der Waals surface area contributed by atoms with E-state index in [0.29, 0.717) is 6.42 Å². The summed E-state index contributed by atoms with van der Waals surface area (Å²) in [6, 6.07) is 47.6. The number of nitrogens with one attached hydrogen (secondary N) is 2. The Morgan fingerprint density at radius 3 is 1.31 bits per heavy atom. The van der Waals surface area contributed by atoms with E-state index < -0.39 is 0 Å². The summed E-state index contributed by atoms with van der Waals surface area (Å²) >= 11 is 1.75. The van der Waals surface area contributed by atoms with Crippen molar-refractivity contribution in [1.29, 1.82) is 0 Å². The van der Waals surface area contributed by atoms with Crippen LogP contribution in [0.3, 0.4) is 0 Å². The molecule has 6 aromatic rings. The summed E-state index contributed by atoms with van der Waals surface area (Å²) < 4.78 is 4.54. The molecule has 0 atom stereocenters. The predicted octanol–water partition coefficient (Wildman–Crippen LogP) is 21.3. The molecule has 0 bridgehead atoms. The summed E-state index contributed by atoms with van der Waals surface area (Å²) in [7, 11) is 5.57. The number of carbonyl (C=O) groups is 1. The number of aldehydes is 1. The number of nitrogens with zero attached hydrogens (tertiary/aromatic N) is 3. The third kappa shape index (κ3) is 76.8. The van der Waals surface area contributed by atoms with Gasteiger partial charge in [-0.05, 0) is 185 Å². The molecule has 0 amide bonds. The van der Waals surface area contributed by atoms with E-state index in [1.54, 1.807) is 25.1 Å². The van der Waals surface area contributed by atoms with Crippen LogP contribution in [-0.4, -0.2) is 94.2 Å². The lowest BCUT2D eigenvalue weighted by Gasteiger charge is -2.08. The monoisotopic (exact) mass is 1220 g/mol. The maximum atomic E-state index is 9.40. The van der Waals surface area contributed by atoms with Gasteiger partial charge in [0.15, 0.2) is 0 Å². The van der Waals surface area contributed by atoms with Crippen molar-refractivity contribution in [2.75, 3.05) is 73.0 Å². The van der Waals surface area contributed by atoms with Crippen LogP contribution >= 0.6 is 11.8 Å². The fourth-order valence-corrected chi connectivity index (χ4v) is 7.03. The van der Waals surface area contributed by atoms with Crippen molar-refractivity contribution in [1.82, 2.24) is 25.5 Å². The van der Waals surface area contributed by atoms with E-state index in [4.69, 9.17) is 0 Å². The largest absolute Gasteiger partial charge is 0.385 e. The SMILES string of the molecule is C=Cc1ccccc1.CCC.CCC1CCCC1.CCCC=O.CCCNC.CCN1CCCC1.CCNC.CCOC.CCc1ccc(C)cc1.CCc1ccccc1.CCc1ccccn1.CCc1cccnc1.CSC.Cc1cccc(C)c1. The smallest absolute Gasteiger partial charge is 0.119 e. The van der Waals surface area contributed by atoms with Crippen molar-refractivity contribution >= 4 is 24.1 Å². The highest BCUT2D eigenvalue weighted by Gasteiger charge is 2.11. The first kappa shape index (κ1) is 92.9. The van der Waals surface area contributed by atoms with Gasteiger partial charge in [0, 0.05) is 44.4 Å². The second kappa shape index (κ2) is 80.8. The van der Waals surface area contributed by atoms with E-state index in [0.717, 1.165) is 69.7 Å². The van der Waals surface area contributed by atoms with E-state index in [-0.39, 0.29) is 0 Å². The van der Waals surface area contributed by atoms with Crippen molar-refractivity contribution in [3.8, 4) is 0 Å². The number of aryl methyl sites for hydroxylation is 7. The number of hydrogen-bond acceptors (Lipinski definition) is 8. The Hall–Kier alpha value is -5.22. The lowest BCUT2D eigenvalue weighted by atomic mass is 10.1. The number of unbranched alkanes of at least 4 members (excludes halogenated alkanes) is 1. The zero-order valence-corrected chi connectivity index (χ0v) is 60.7. The summed E-state index contributed by atoms with van der Waals surface area (Å²) in [6.45, 7) is 42.4. The minimum Gasteiger partial charge on any atom is -0.385 e. The first-order valence-electron chi connectivity index (χ1n) is 33.1. The summed E-state index contributed by atoms with van der Waals surface area (Å²) in [4.78, 5) is 19.9. The minimum absolute atomic E-state index is 0.708. The molecule has 494 valence electrons. The maximum absolute atomic E-state index is 9.40. The molecule has 87 heavy (non-hydrogen) atoms. The van der Waals surface area contributed by atoms with Crippen LogP contribution in [0.4, 0.5) is 0 Å². The molecule has 7 nitrogen and oxygen atoms in total. The van der Waals surface area contributed by atoms with E-state index in [1.807, 2.05) is 120 Å². The Kier molecular flexibility index (Phi) is 86.3. The molecule has 4 aromatic carbocycles. The average molecular weight is 1220 g/mol. The molecule has 3 heterocycles. The molecule has 2 aliphatic rings. The van der Waals surface area contributed by atoms with E-state index >= 15 is 0 Å². The van der Waals surface area contributed by atoms with Gasteiger partial charge >= 0.3 is 0 Å². The molecular formula is C79H135N5O2S. The first-order chi connectivity index (χ1) is 42.2. The van der Waals surface area contributed by atoms with Crippen LogP contribution in [-0.2, 0) is 35.2 Å². The number of carbonyl (C=O) groups excluding carboxylic acids is 1. The molecule has 1 saturated carbocycles. The summed E-state index contributed by atoms with van der Waals surface area (Å²) in [5.74, 6) is 1.10. The van der Waals surface area contributed by atoms with Crippen LogP contribution in [0, 0.1) is 26.7 Å². The summed E-state index contributed by atoms with van der Waals surface area (Å²) in [5.41, 5.74) is 10.5. The van der Waals surface area contributed by atoms with Crippen molar-refractivity contribution in [3.63, 3.8) is 0 Å². The zero-order chi connectivity index (χ0) is 66.7. The number of pyridine rings is 2. The third-order valence-corrected chi connectivity index (χ3v) is 12.5. The molecule has 1 aliphatic heterocycles. The van der Waals surface area contributed by atoms with Gasteiger partial charge in [-0.15, -0.1) is 0 Å². The number of rotatable bonds is 13. The Morgan fingerprint density at radius 2 is 1.07 bits per heavy atom. The standard InChI is InChI=1S/C9H12.2C8H10.C8H8.2C7H9N.C7H14.C6H13N.C4H11N.C4H8O.C3H9N.C3H8O.C3H8.C2H6S/c1-3-9-6-4-8(2)5-7-9;1-7-4-3-5-8(2)6-7;2*1-2-8-6-4-3-5-7-8;1-2-7-4-3-5-8-6-7;1-2-7-5-3-4-6-8-7;2*1-2-7-5-3-4-6-7;1-3-4-5-2;1-2-3-4-5;2*1-3-4-2;2*1-3-2/h4-7H,3H2,1-2H3;3-6H,1-2H3;3-7H,2H2,1H3;2-7H,1H2;2*3-6H,2H2,1H3;7H,2-6H2,1H3;2-6H2,1H3;5H,3-4H2,1-2H3;4H,2-3H2,1H3;4H,3H2,1-2H3;3H2,1-2H3;3H2,1-2H3;1-2H3. The molecule has 2 fully saturated rings. The van der Waals surface area contributed by atoms with Gasteiger partial charge in [0.05, 0.1) is 0 Å². The van der Waals surface area contributed by atoms with Gasteiger partial charge in [-0.3, -0.25) is 9.97 Å². The number of ether oxygens (including phenoxy) is 1. The molecule has 8 heteroatoms. The number of aromatic nitrogens is 2. The topological polar surface area (TPSA) is 79.4 Å². The van der Waals surface area contributed by atoms with Crippen molar-refractivity contribution in [3.05, 3.63) is 209 Å². The molecule has 1 saturated heterocycles. The van der Waals surface area contributed by atoms with Crippen molar-refractivity contribution in [2.24, 2.45) is 5.92 Å². The van der Waals surface area contributed by atoms with E-state index in [2.05, 4.69) is 206 Å². The van der Waals surface area contributed by atoms with Crippen molar-refractivity contribution < 1.29 is 9.53 Å². The van der Waals surface area contributed by atoms with Crippen LogP contribution in [0.1, 0.15) is 198 Å². The highest BCUT2D eigenvalue weighted by Crippen LogP contribution is 2.26. The van der Waals surface area contributed by atoms with Gasteiger partial charge in [0.25, 0.3) is 0 Å². The fraction of sp³-hybridized carbons (Fsp3) is 0.532. The molecule has 1 aliphatic carbocycles. The lowest BCUT2D eigenvalue weighted by molar-refractivity contribution is -0.107. The quantitative estimate of drug-likeness (QED) is 0.111. The Morgan fingerprint density at radius 1 is 0.586 bits per heavy atom. The summed E-state index contributed by atoms with van der Waals surface area (Å²) in [6.07, 6.45) is 31.2. The molecule has 2 aromatic heterocycles. The number of thioether (sulfide) groups is 1. The lowest BCUT2D eigenvalue weighted by Crippen LogP contribution is -2.17.